The standard InChI is InChI=1S/C18H31N5O/c1-19-18(21-13-16-14-22(2)11-12-23(16)3)20-10-9-15-7-5-6-8-17(15)24-4/h5-8,16H,9-14H2,1-4H3,(H2,19,20,21). The van der Waals surface area contributed by atoms with Crippen molar-refractivity contribution in [3.63, 3.8) is 0 Å². The molecule has 1 aliphatic rings. The van der Waals surface area contributed by atoms with Gasteiger partial charge >= 0.3 is 0 Å². The second-order valence-corrected chi connectivity index (χ2v) is 6.34. The Morgan fingerprint density at radius 3 is 2.79 bits per heavy atom. The minimum Gasteiger partial charge on any atom is -0.496 e. The molecule has 6 nitrogen and oxygen atoms in total. The van der Waals surface area contributed by atoms with Crippen molar-refractivity contribution < 1.29 is 4.74 Å². The van der Waals surface area contributed by atoms with E-state index in [4.69, 9.17) is 4.74 Å². The van der Waals surface area contributed by atoms with Crippen molar-refractivity contribution in [2.45, 2.75) is 12.5 Å². The van der Waals surface area contributed by atoms with Crippen LogP contribution in [0.2, 0.25) is 0 Å². The highest BCUT2D eigenvalue weighted by atomic mass is 16.5. The van der Waals surface area contributed by atoms with E-state index in [0.717, 1.165) is 50.9 Å². The molecule has 0 saturated carbocycles. The maximum atomic E-state index is 5.39. The first kappa shape index (κ1) is 18.5. The summed E-state index contributed by atoms with van der Waals surface area (Å²) >= 11 is 0. The van der Waals surface area contributed by atoms with Gasteiger partial charge in [-0.15, -0.1) is 0 Å². The Bertz CT molecular complexity index is 534. The lowest BCUT2D eigenvalue weighted by molar-refractivity contribution is 0.116. The van der Waals surface area contributed by atoms with Crippen LogP contribution in [0.25, 0.3) is 0 Å². The molecule has 1 aliphatic heterocycles. The highest BCUT2D eigenvalue weighted by Crippen LogP contribution is 2.17. The van der Waals surface area contributed by atoms with Gasteiger partial charge in [0.05, 0.1) is 7.11 Å². The molecule has 0 bridgehead atoms. The lowest BCUT2D eigenvalue weighted by Gasteiger charge is -2.37. The summed E-state index contributed by atoms with van der Waals surface area (Å²) in [5.41, 5.74) is 1.21. The zero-order valence-corrected chi connectivity index (χ0v) is 15.4. The summed E-state index contributed by atoms with van der Waals surface area (Å²) in [6.45, 7) is 5.05. The Hall–Kier alpha value is -1.79. The number of guanidine groups is 1. The fourth-order valence-corrected chi connectivity index (χ4v) is 2.98. The van der Waals surface area contributed by atoms with Gasteiger partial charge in [-0.3, -0.25) is 9.89 Å². The molecule has 0 aromatic heterocycles. The molecule has 134 valence electrons. The number of methoxy groups -OCH3 is 1. The fourth-order valence-electron chi connectivity index (χ4n) is 2.98. The van der Waals surface area contributed by atoms with Gasteiger partial charge in [0, 0.05) is 45.8 Å². The Morgan fingerprint density at radius 1 is 1.25 bits per heavy atom. The molecular formula is C18H31N5O. The van der Waals surface area contributed by atoms with Crippen LogP contribution in [-0.4, -0.2) is 82.8 Å². The molecule has 1 unspecified atom stereocenters. The van der Waals surface area contributed by atoms with Crippen molar-refractivity contribution in [1.29, 1.82) is 0 Å². The number of aliphatic imine (C=N–C) groups is 1. The molecule has 1 saturated heterocycles. The maximum absolute atomic E-state index is 5.39. The topological polar surface area (TPSA) is 52.1 Å². The number of benzene rings is 1. The van der Waals surface area contributed by atoms with E-state index in [-0.39, 0.29) is 0 Å². The molecule has 24 heavy (non-hydrogen) atoms. The van der Waals surface area contributed by atoms with E-state index in [9.17, 15) is 0 Å². The molecule has 1 atom stereocenters. The monoisotopic (exact) mass is 333 g/mol. The van der Waals surface area contributed by atoms with Crippen LogP contribution in [0.4, 0.5) is 0 Å². The summed E-state index contributed by atoms with van der Waals surface area (Å²) in [6.07, 6.45) is 0.900. The van der Waals surface area contributed by atoms with Crippen LogP contribution in [0.1, 0.15) is 5.56 Å². The maximum Gasteiger partial charge on any atom is 0.191 e. The molecule has 0 amide bonds. The van der Waals surface area contributed by atoms with Crippen molar-refractivity contribution >= 4 is 5.96 Å². The van der Waals surface area contributed by atoms with E-state index >= 15 is 0 Å². The zero-order valence-electron chi connectivity index (χ0n) is 15.4. The van der Waals surface area contributed by atoms with E-state index in [2.05, 4.69) is 45.6 Å². The van der Waals surface area contributed by atoms with Gasteiger partial charge in [-0.2, -0.15) is 0 Å². The van der Waals surface area contributed by atoms with Crippen LogP contribution in [0, 0.1) is 0 Å². The lowest BCUT2D eigenvalue weighted by Crippen LogP contribution is -2.55. The molecule has 1 aromatic rings. The first-order valence-corrected chi connectivity index (χ1v) is 8.59. The number of likely N-dealkylation sites (N-methyl/N-ethyl adjacent to an activating group) is 2. The molecular weight excluding hydrogens is 302 g/mol. The fraction of sp³-hybridized carbons (Fsp3) is 0.611. The number of hydrogen-bond donors (Lipinski definition) is 2. The molecule has 2 N–H and O–H groups in total. The van der Waals surface area contributed by atoms with Crippen molar-refractivity contribution in [3.05, 3.63) is 29.8 Å². The summed E-state index contributed by atoms with van der Waals surface area (Å²) in [6, 6.07) is 8.65. The van der Waals surface area contributed by atoms with Crippen LogP contribution in [-0.2, 0) is 6.42 Å². The van der Waals surface area contributed by atoms with Gasteiger partial charge in [0.2, 0.25) is 0 Å². The quantitative estimate of drug-likeness (QED) is 0.591. The largest absolute Gasteiger partial charge is 0.496 e. The highest BCUT2D eigenvalue weighted by Gasteiger charge is 2.21. The van der Waals surface area contributed by atoms with Gasteiger partial charge in [0.25, 0.3) is 0 Å². The minimum atomic E-state index is 0.511. The molecule has 6 heteroatoms. The van der Waals surface area contributed by atoms with Gasteiger partial charge in [-0.1, -0.05) is 18.2 Å². The average Bonchev–Trinajstić information content (AvgIpc) is 2.61. The number of rotatable bonds is 6. The third-order valence-electron chi connectivity index (χ3n) is 4.59. The van der Waals surface area contributed by atoms with Gasteiger partial charge in [-0.25, -0.2) is 0 Å². The molecule has 1 heterocycles. The zero-order chi connectivity index (χ0) is 17.4. The third kappa shape index (κ3) is 5.39. The minimum absolute atomic E-state index is 0.511. The summed E-state index contributed by atoms with van der Waals surface area (Å²) in [5, 5.41) is 6.83. The van der Waals surface area contributed by atoms with E-state index in [1.807, 2.05) is 25.2 Å². The second kappa shape index (κ2) is 9.49. The summed E-state index contributed by atoms with van der Waals surface area (Å²) in [7, 11) is 7.90. The second-order valence-electron chi connectivity index (χ2n) is 6.34. The summed E-state index contributed by atoms with van der Waals surface area (Å²) in [4.78, 5) is 9.11. The Kier molecular flexibility index (Phi) is 7.34. The molecule has 0 spiro atoms. The van der Waals surface area contributed by atoms with Gasteiger partial charge < -0.3 is 20.3 Å². The van der Waals surface area contributed by atoms with E-state index < -0.39 is 0 Å². The van der Waals surface area contributed by atoms with Crippen molar-refractivity contribution in [2.75, 3.05) is 61.0 Å². The number of nitrogens with one attached hydrogen (secondary N) is 2. The first-order valence-electron chi connectivity index (χ1n) is 8.59. The number of para-hydroxylation sites is 1. The Balaban J connectivity index is 1.76. The SMILES string of the molecule is CN=C(NCCc1ccccc1OC)NCC1CN(C)CCN1C. The first-order chi connectivity index (χ1) is 11.6. The smallest absolute Gasteiger partial charge is 0.191 e. The van der Waals surface area contributed by atoms with Crippen LogP contribution in [0.5, 0.6) is 5.75 Å². The Labute approximate surface area is 145 Å². The third-order valence-corrected chi connectivity index (χ3v) is 4.59. The number of hydrogen-bond acceptors (Lipinski definition) is 4. The number of ether oxygens (including phenoxy) is 1. The van der Waals surface area contributed by atoms with E-state index in [0.29, 0.717) is 6.04 Å². The molecule has 1 aromatic carbocycles. The predicted octanol–water partition coefficient (Wildman–Crippen LogP) is 0.649. The summed E-state index contributed by atoms with van der Waals surface area (Å²) < 4.78 is 5.39. The molecule has 2 rings (SSSR count). The van der Waals surface area contributed by atoms with Crippen LogP contribution in [0.3, 0.4) is 0 Å². The molecule has 0 radical (unpaired) electrons. The highest BCUT2D eigenvalue weighted by molar-refractivity contribution is 5.79. The number of nitrogens with zero attached hydrogens (tertiary/aromatic N) is 3. The van der Waals surface area contributed by atoms with Crippen molar-refractivity contribution in [3.8, 4) is 5.75 Å². The molecule has 0 aliphatic carbocycles. The van der Waals surface area contributed by atoms with E-state index in [1.54, 1.807) is 7.11 Å². The Morgan fingerprint density at radius 2 is 2.04 bits per heavy atom. The van der Waals surface area contributed by atoms with Gasteiger partial charge in [-0.05, 0) is 32.1 Å². The van der Waals surface area contributed by atoms with E-state index in [1.165, 1.54) is 5.56 Å². The molecule has 1 fully saturated rings. The van der Waals surface area contributed by atoms with Gasteiger partial charge in [0.15, 0.2) is 5.96 Å². The van der Waals surface area contributed by atoms with Crippen LogP contribution in [0.15, 0.2) is 29.3 Å². The van der Waals surface area contributed by atoms with Crippen LogP contribution < -0.4 is 15.4 Å². The lowest BCUT2D eigenvalue weighted by atomic mass is 10.1. The normalized spacial score (nSPS) is 20.0. The van der Waals surface area contributed by atoms with Crippen LogP contribution >= 0.6 is 0 Å². The van der Waals surface area contributed by atoms with Crippen molar-refractivity contribution in [1.82, 2.24) is 20.4 Å². The number of piperazine rings is 1. The average molecular weight is 333 g/mol. The van der Waals surface area contributed by atoms with Crippen molar-refractivity contribution in [2.24, 2.45) is 4.99 Å². The predicted molar refractivity (Wildman–Crippen MR) is 100.0 cm³/mol. The summed E-state index contributed by atoms with van der Waals surface area (Å²) in [5.74, 6) is 1.79. The van der Waals surface area contributed by atoms with Gasteiger partial charge in [0.1, 0.15) is 5.75 Å².